The Bertz CT molecular complexity index is 1080. The summed E-state index contributed by atoms with van der Waals surface area (Å²) in [4.78, 5) is 5.86. The smallest absolute Gasteiger partial charge is 0.204 e. The van der Waals surface area contributed by atoms with Crippen LogP contribution in [0, 0.1) is 0 Å². The molecule has 0 amide bonds. The number of rotatable bonds is 7. The van der Waals surface area contributed by atoms with Crippen molar-refractivity contribution in [2.45, 2.75) is 6.92 Å². The number of nitrogens with one attached hydrogen (secondary N) is 1. The first-order chi connectivity index (χ1) is 14.7. The maximum Gasteiger partial charge on any atom is 0.204 e. The maximum absolute atomic E-state index is 9.83. The molecule has 0 spiro atoms. The molecule has 0 aliphatic heterocycles. The molecule has 0 saturated carbocycles. The summed E-state index contributed by atoms with van der Waals surface area (Å²) in [5.74, 6) is 0.551. The van der Waals surface area contributed by atoms with Crippen molar-refractivity contribution in [3.05, 3.63) is 84.4 Å². The van der Waals surface area contributed by atoms with Crippen molar-refractivity contribution in [2.75, 3.05) is 12.0 Å². The van der Waals surface area contributed by atoms with Crippen LogP contribution in [0.1, 0.15) is 12.5 Å². The third-order valence-electron chi connectivity index (χ3n) is 4.37. The van der Waals surface area contributed by atoms with Crippen LogP contribution in [0.25, 0.3) is 21.7 Å². The lowest BCUT2D eigenvalue weighted by molar-refractivity contribution is 0.318. The van der Waals surface area contributed by atoms with Crippen LogP contribution in [0.3, 0.4) is 0 Å². The van der Waals surface area contributed by atoms with Gasteiger partial charge in [-0.2, -0.15) is 5.10 Å². The number of benzene rings is 3. The summed E-state index contributed by atoms with van der Waals surface area (Å²) in [5.41, 5.74) is 6.95. The second-order valence-electron chi connectivity index (χ2n) is 6.46. The summed E-state index contributed by atoms with van der Waals surface area (Å²) in [5, 5.41) is 14.8. The van der Waals surface area contributed by atoms with Gasteiger partial charge in [-0.15, -0.1) is 0 Å². The van der Waals surface area contributed by atoms with Gasteiger partial charge in [-0.25, -0.2) is 4.98 Å². The van der Waals surface area contributed by atoms with Crippen LogP contribution in [-0.2, 0) is 0 Å². The average Bonchev–Trinajstić information content (AvgIpc) is 3.22. The van der Waals surface area contributed by atoms with E-state index in [4.69, 9.17) is 9.72 Å². The fraction of sp³-hybridized carbons (Fsp3) is 0.0833. The quantitative estimate of drug-likeness (QED) is 0.286. The molecule has 4 rings (SSSR count). The Morgan fingerprint density at radius 3 is 2.40 bits per heavy atom. The Hall–Kier alpha value is -3.64. The first kappa shape index (κ1) is 19.7. The molecule has 0 fully saturated rings. The summed E-state index contributed by atoms with van der Waals surface area (Å²) in [6.07, 6.45) is 1.67. The lowest BCUT2D eigenvalue weighted by atomic mass is 10.1. The molecule has 0 bridgehead atoms. The zero-order valence-corrected chi connectivity index (χ0v) is 17.3. The molecule has 0 unspecified atom stereocenters. The SMILES string of the molecule is CCOc1cc(/C=N\Nc2nc(-c3ccccc3)c(-c3ccccc3)s2)ccc1O. The Morgan fingerprint density at radius 1 is 1.00 bits per heavy atom. The first-order valence-electron chi connectivity index (χ1n) is 9.61. The third kappa shape index (κ3) is 4.50. The van der Waals surface area contributed by atoms with E-state index in [2.05, 4.69) is 34.8 Å². The molecule has 0 atom stereocenters. The van der Waals surface area contributed by atoms with Gasteiger partial charge >= 0.3 is 0 Å². The Morgan fingerprint density at radius 2 is 1.70 bits per heavy atom. The number of nitrogens with zero attached hydrogens (tertiary/aromatic N) is 2. The zero-order chi connectivity index (χ0) is 20.8. The Labute approximate surface area is 179 Å². The van der Waals surface area contributed by atoms with Crippen LogP contribution in [0.15, 0.2) is 84.0 Å². The first-order valence-corrected chi connectivity index (χ1v) is 10.4. The highest BCUT2D eigenvalue weighted by Gasteiger charge is 2.14. The molecule has 1 aromatic heterocycles. The number of hydrogen-bond donors (Lipinski definition) is 2. The van der Waals surface area contributed by atoms with E-state index in [-0.39, 0.29) is 5.75 Å². The Balaban J connectivity index is 1.60. The number of anilines is 1. The lowest BCUT2D eigenvalue weighted by Gasteiger charge is -2.05. The van der Waals surface area contributed by atoms with Gasteiger partial charge in [-0.05, 0) is 36.2 Å². The van der Waals surface area contributed by atoms with E-state index < -0.39 is 0 Å². The van der Waals surface area contributed by atoms with Crippen molar-refractivity contribution in [2.24, 2.45) is 5.10 Å². The number of hydrogen-bond acceptors (Lipinski definition) is 6. The highest BCUT2D eigenvalue weighted by molar-refractivity contribution is 7.19. The normalized spacial score (nSPS) is 11.0. The highest BCUT2D eigenvalue weighted by Crippen LogP contribution is 2.38. The van der Waals surface area contributed by atoms with Gasteiger partial charge in [0.25, 0.3) is 0 Å². The number of hydrazone groups is 1. The topological polar surface area (TPSA) is 66.7 Å². The number of phenolic OH excluding ortho intramolecular Hbond substituents is 1. The molecule has 0 radical (unpaired) electrons. The highest BCUT2D eigenvalue weighted by atomic mass is 32.1. The summed E-state index contributed by atoms with van der Waals surface area (Å²) in [7, 11) is 0. The van der Waals surface area contributed by atoms with E-state index in [9.17, 15) is 5.11 Å². The molecular weight excluding hydrogens is 394 g/mol. The summed E-state index contributed by atoms with van der Waals surface area (Å²) in [6, 6.07) is 25.5. The van der Waals surface area contributed by atoms with Crippen molar-refractivity contribution >= 4 is 22.7 Å². The molecular formula is C24H21N3O2S. The van der Waals surface area contributed by atoms with Gasteiger partial charge in [0.15, 0.2) is 11.5 Å². The molecule has 1 heterocycles. The average molecular weight is 416 g/mol. The van der Waals surface area contributed by atoms with Crippen molar-refractivity contribution < 1.29 is 9.84 Å². The van der Waals surface area contributed by atoms with E-state index in [0.717, 1.165) is 27.3 Å². The van der Waals surface area contributed by atoms with Gasteiger partial charge in [0.05, 0.1) is 23.4 Å². The molecule has 30 heavy (non-hydrogen) atoms. The van der Waals surface area contributed by atoms with Crippen LogP contribution in [0.4, 0.5) is 5.13 Å². The van der Waals surface area contributed by atoms with Gasteiger partial charge in [-0.1, -0.05) is 72.0 Å². The zero-order valence-electron chi connectivity index (χ0n) is 16.4. The minimum Gasteiger partial charge on any atom is -0.504 e. The molecule has 0 aliphatic rings. The van der Waals surface area contributed by atoms with Crippen LogP contribution in [0.2, 0.25) is 0 Å². The van der Waals surface area contributed by atoms with E-state index in [1.165, 1.54) is 0 Å². The molecule has 2 N–H and O–H groups in total. The van der Waals surface area contributed by atoms with Crippen LogP contribution in [0.5, 0.6) is 11.5 Å². The number of aromatic hydroxyl groups is 1. The predicted octanol–water partition coefficient (Wildman–Crippen LogP) is 6.03. The molecule has 3 aromatic carbocycles. The van der Waals surface area contributed by atoms with Crippen LogP contribution < -0.4 is 10.2 Å². The van der Waals surface area contributed by atoms with Crippen molar-refractivity contribution in [3.63, 3.8) is 0 Å². The van der Waals surface area contributed by atoms with Crippen molar-refractivity contribution in [1.82, 2.24) is 4.98 Å². The van der Waals surface area contributed by atoms with Gasteiger partial charge in [0.2, 0.25) is 5.13 Å². The fourth-order valence-corrected chi connectivity index (χ4v) is 3.93. The van der Waals surface area contributed by atoms with Gasteiger partial charge in [0, 0.05) is 5.56 Å². The minimum absolute atomic E-state index is 0.113. The standard InChI is InChI=1S/C24H21N3O2S/c1-2-29-21-15-17(13-14-20(21)28)16-25-27-24-26-22(18-9-5-3-6-10-18)23(30-24)19-11-7-4-8-12-19/h3-16,28H,2H2,1H3,(H,26,27)/b25-16-. The van der Waals surface area contributed by atoms with Gasteiger partial charge in [0.1, 0.15) is 0 Å². The number of phenols is 1. The molecule has 0 aliphatic carbocycles. The van der Waals surface area contributed by atoms with E-state index in [0.29, 0.717) is 17.5 Å². The molecule has 4 aromatic rings. The van der Waals surface area contributed by atoms with Crippen molar-refractivity contribution in [1.29, 1.82) is 0 Å². The van der Waals surface area contributed by atoms with Crippen molar-refractivity contribution in [3.8, 4) is 33.2 Å². The Kier molecular flexibility index (Phi) is 6.06. The maximum atomic E-state index is 9.83. The summed E-state index contributed by atoms with van der Waals surface area (Å²) < 4.78 is 5.42. The van der Waals surface area contributed by atoms with E-state index in [1.54, 1.807) is 35.8 Å². The summed E-state index contributed by atoms with van der Waals surface area (Å²) >= 11 is 1.56. The third-order valence-corrected chi connectivity index (χ3v) is 5.38. The van der Waals surface area contributed by atoms with E-state index >= 15 is 0 Å². The van der Waals surface area contributed by atoms with Crippen LogP contribution >= 0.6 is 11.3 Å². The second kappa shape index (κ2) is 9.24. The molecule has 0 saturated heterocycles. The molecule has 5 nitrogen and oxygen atoms in total. The summed E-state index contributed by atoms with van der Waals surface area (Å²) in [6.45, 7) is 2.36. The monoisotopic (exact) mass is 415 g/mol. The molecule has 6 heteroatoms. The van der Waals surface area contributed by atoms with Crippen LogP contribution in [-0.4, -0.2) is 22.9 Å². The number of thiazole rings is 1. The molecule has 150 valence electrons. The van der Waals surface area contributed by atoms with Gasteiger partial charge in [-0.3, -0.25) is 5.43 Å². The fourth-order valence-electron chi connectivity index (χ4n) is 2.99. The predicted molar refractivity (Wildman–Crippen MR) is 123 cm³/mol. The minimum atomic E-state index is 0.113. The van der Waals surface area contributed by atoms with E-state index in [1.807, 2.05) is 43.3 Å². The number of aromatic nitrogens is 1. The number of ether oxygens (including phenoxy) is 1. The lowest BCUT2D eigenvalue weighted by Crippen LogP contribution is -1.94. The second-order valence-corrected chi connectivity index (χ2v) is 7.46. The largest absolute Gasteiger partial charge is 0.504 e. The van der Waals surface area contributed by atoms with Gasteiger partial charge < -0.3 is 9.84 Å².